The average Bonchev–Trinajstić information content (AvgIpc) is 3.16. The molecule has 3 atom stereocenters. The van der Waals surface area contributed by atoms with Crippen LogP contribution in [0.25, 0.3) is 0 Å². The predicted octanol–water partition coefficient (Wildman–Crippen LogP) is 4.57. The van der Waals surface area contributed by atoms with E-state index in [1.807, 2.05) is 26.8 Å². The molecule has 0 spiro atoms. The maximum atomic E-state index is 11.0. The van der Waals surface area contributed by atoms with E-state index >= 15 is 0 Å². The van der Waals surface area contributed by atoms with Gasteiger partial charge in [0.25, 0.3) is 0 Å². The van der Waals surface area contributed by atoms with Gasteiger partial charge in [-0.15, -0.1) is 0 Å². The number of aliphatic carboxylic acids is 1. The molecule has 116 valence electrons. The fourth-order valence-electron chi connectivity index (χ4n) is 3.21. The Kier molecular flexibility index (Phi) is 4.82. The highest BCUT2D eigenvalue weighted by Gasteiger charge is 2.43. The summed E-state index contributed by atoms with van der Waals surface area (Å²) in [5, 5.41) is 9.82. The van der Waals surface area contributed by atoms with Gasteiger partial charge in [0.15, 0.2) is 0 Å². The molecule has 1 aromatic carbocycles. The summed E-state index contributed by atoms with van der Waals surface area (Å²) in [6.45, 7) is 8.71. The number of rotatable bonds is 6. The number of ether oxygens (including phenoxy) is 1. The fourth-order valence-corrected chi connectivity index (χ4v) is 3.36. The van der Waals surface area contributed by atoms with Crippen LogP contribution in [-0.2, 0) is 4.79 Å². The molecule has 3 unspecified atom stereocenters. The third-order valence-electron chi connectivity index (χ3n) is 4.38. The maximum Gasteiger partial charge on any atom is 0.306 e. The number of benzene rings is 1. The summed E-state index contributed by atoms with van der Waals surface area (Å²) in [6, 6.07) is 1.99. The zero-order valence-corrected chi connectivity index (χ0v) is 13.8. The fraction of sp³-hybridized carbons (Fsp3) is 0.588. The first-order valence-corrected chi connectivity index (χ1v) is 7.89. The zero-order chi connectivity index (χ0) is 15.7. The van der Waals surface area contributed by atoms with Gasteiger partial charge in [0.05, 0.1) is 12.5 Å². The Bertz CT molecular complexity index is 553. The highest BCUT2D eigenvalue weighted by molar-refractivity contribution is 6.32. The molecule has 21 heavy (non-hydrogen) atoms. The number of halogens is 1. The van der Waals surface area contributed by atoms with Crippen molar-refractivity contribution in [1.82, 2.24) is 0 Å². The first-order chi connectivity index (χ1) is 9.86. The van der Waals surface area contributed by atoms with Gasteiger partial charge in [0.2, 0.25) is 0 Å². The van der Waals surface area contributed by atoms with E-state index in [-0.39, 0.29) is 17.8 Å². The topological polar surface area (TPSA) is 46.5 Å². The van der Waals surface area contributed by atoms with Gasteiger partial charge in [0.1, 0.15) is 5.75 Å². The van der Waals surface area contributed by atoms with E-state index in [0.717, 1.165) is 40.3 Å². The van der Waals surface area contributed by atoms with Crippen molar-refractivity contribution in [3.8, 4) is 5.75 Å². The van der Waals surface area contributed by atoms with Gasteiger partial charge in [-0.1, -0.05) is 18.5 Å². The van der Waals surface area contributed by atoms with E-state index in [0.29, 0.717) is 6.61 Å². The zero-order valence-electron chi connectivity index (χ0n) is 13.1. The molecular formula is C17H23ClO3. The minimum Gasteiger partial charge on any atom is -0.494 e. The lowest BCUT2D eigenvalue weighted by atomic mass is 9.89. The van der Waals surface area contributed by atoms with Crippen molar-refractivity contribution in [2.75, 3.05) is 6.61 Å². The van der Waals surface area contributed by atoms with E-state index in [2.05, 4.69) is 6.92 Å². The van der Waals surface area contributed by atoms with Gasteiger partial charge in [-0.05, 0) is 62.6 Å². The lowest BCUT2D eigenvalue weighted by molar-refractivity contribution is -0.138. The molecular weight excluding hydrogens is 288 g/mol. The SMILES string of the molecule is CCOc1cc(C)c(Cl)c(C)c1C(C)CC1CC1C(=O)O. The summed E-state index contributed by atoms with van der Waals surface area (Å²) < 4.78 is 5.78. The Morgan fingerprint density at radius 1 is 1.52 bits per heavy atom. The van der Waals surface area contributed by atoms with E-state index in [1.165, 1.54) is 0 Å². The second-order valence-corrected chi connectivity index (χ2v) is 6.43. The molecule has 3 nitrogen and oxygen atoms in total. The minimum absolute atomic E-state index is 0.163. The molecule has 1 aliphatic carbocycles. The number of aryl methyl sites for hydroxylation is 1. The molecule has 0 aliphatic heterocycles. The summed E-state index contributed by atoms with van der Waals surface area (Å²) in [7, 11) is 0. The number of carboxylic acids is 1. The molecule has 0 heterocycles. The van der Waals surface area contributed by atoms with Crippen LogP contribution in [-0.4, -0.2) is 17.7 Å². The third-order valence-corrected chi connectivity index (χ3v) is 4.96. The standard InChI is InChI=1S/C17H23ClO3/c1-5-21-14-7-10(3)16(18)11(4)15(14)9(2)6-12-8-13(12)17(19)20/h7,9,12-13H,5-6,8H2,1-4H3,(H,19,20). The van der Waals surface area contributed by atoms with Gasteiger partial charge >= 0.3 is 5.97 Å². The Morgan fingerprint density at radius 2 is 2.19 bits per heavy atom. The number of hydrogen-bond acceptors (Lipinski definition) is 2. The van der Waals surface area contributed by atoms with Crippen molar-refractivity contribution >= 4 is 17.6 Å². The number of carbonyl (C=O) groups is 1. The van der Waals surface area contributed by atoms with Gasteiger partial charge < -0.3 is 9.84 Å². The molecule has 0 aromatic heterocycles. The Hall–Kier alpha value is -1.22. The Morgan fingerprint density at radius 3 is 2.71 bits per heavy atom. The molecule has 2 rings (SSSR count). The summed E-state index contributed by atoms with van der Waals surface area (Å²) in [5.74, 6) is 0.586. The van der Waals surface area contributed by atoms with Crippen molar-refractivity contribution in [3.63, 3.8) is 0 Å². The van der Waals surface area contributed by atoms with Crippen LogP contribution < -0.4 is 4.74 Å². The number of carboxylic acid groups (broad SMARTS) is 1. The Labute approximate surface area is 131 Å². The van der Waals surface area contributed by atoms with Gasteiger partial charge in [-0.3, -0.25) is 4.79 Å². The smallest absolute Gasteiger partial charge is 0.306 e. The maximum absolute atomic E-state index is 11.0. The second kappa shape index (κ2) is 6.27. The lowest BCUT2D eigenvalue weighted by Crippen LogP contribution is -2.07. The van der Waals surface area contributed by atoms with Gasteiger partial charge in [-0.25, -0.2) is 0 Å². The molecule has 1 N–H and O–H groups in total. The Balaban J connectivity index is 2.25. The van der Waals surface area contributed by atoms with Crippen LogP contribution in [0.5, 0.6) is 5.75 Å². The van der Waals surface area contributed by atoms with Crippen LogP contribution in [0.15, 0.2) is 6.07 Å². The van der Waals surface area contributed by atoms with Crippen molar-refractivity contribution in [3.05, 3.63) is 27.8 Å². The first kappa shape index (κ1) is 16.2. The number of hydrogen-bond donors (Lipinski definition) is 1. The van der Waals surface area contributed by atoms with Crippen LogP contribution >= 0.6 is 11.6 Å². The van der Waals surface area contributed by atoms with Crippen LogP contribution in [0.1, 0.15) is 49.3 Å². The highest BCUT2D eigenvalue weighted by atomic mass is 35.5. The molecule has 1 aromatic rings. The van der Waals surface area contributed by atoms with Crippen LogP contribution in [0.4, 0.5) is 0 Å². The molecule has 0 saturated heterocycles. The van der Waals surface area contributed by atoms with Crippen molar-refractivity contribution in [2.45, 2.75) is 46.5 Å². The third kappa shape index (κ3) is 3.34. The van der Waals surface area contributed by atoms with Crippen LogP contribution in [0.3, 0.4) is 0 Å². The molecule has 0 radical (unpaired) electrons. The highest BCUT2D eigenvalue weighted by Crippen LogP contribution is 2.47. The van der Waals surface area contributed by atoms with E-state index in [9.17, 15) is 4.79 Å². The average molecular weight is 311 g/mol. The minimum atomic E-state index is -0.670. The summed E-state index contributed by atoms with van der Waals surface area (Å²) in [5.41, 5.74) is 3.20. The van der Waals surface area contributed by atoms with Crippen LogP contribution in [0, 0.1) is 25.7 Å². The molecule has 4 heteroatoms. The van der Waals surface area contributed by atoms with E-state index in [1.54, 1.807) is 0 Å². The van der Waals surface area contributed by atoms with Gasteiger partial charge in [-0.2, -0.15) is 0 Å². The molecule has 0 amide bonds. The van der Waals surface area contributed by atoms with E-state index < -0.39 is 5.97 Å². The molecule has 1 aliphatic rings. The molecule has 1 saturated carbocycles. The first-order valence-electron chi connectivity index (χ1n) is 7.51. The summed E-state index contributed by atoms with van der Waals surface area (Å²) in [6.07, 6.45) is 1.67. The summed E-state index contributed by atoms with van der Waals surface area (Å²) >= 11 is 6.38. The largest absolute Gasteiger partial charge is 0.494 e. The van der Waals surface area contributed by atoms with Crippen LogP contribution in [0.2, 0.25) is 5.02 Å². The van der Waals surface area contributed by atoms with E-state index in [4.69, 9.17) is 21.4 Å². The van der Waals surface area contributed by atoms with Crippen molar-refractivity contribution in [1.29, 1.82) is 0 Å². The second-order valence-electron chi connectivity index (χ2n) is 6.05. The van der Waals surface area contributed by atoms with Crippen molar-refractivity contribution in [2.24, 2.45) is 11.8 Å². The monoisotopic (exact) mass is 310 g/mol. The predicted molar refractivity (Wildman–Crippen MR) is 84.4 cm³/mol. The molecule has 0 bridgehead atoms. The normalized spacial score (nSPS) is 22.0. The quantitative estimate of drug-likeness (QED) is 0.837. The molecule has 1 fully saturated rings. The lowest BCUT2D eigenvalue weighted by Gasteiger charge is -2.21. The summed E-state index contributed by atoms with van der Waals surface area (Å²) in [4.78, 5) is 11.0. The van der Waals surface area contributed by atoms with Gasteiger partial charge in [0, 0.05) is 10.6 Å². The van der Waals surface area contributed by atoms with Crippen molar-refractivity contribution < 1.29 is 14.6 Å².